The van der Waals surface area contributed by atoms with Gasteiger partial charge in [-0.25, -0.2) is 4.57 Å². The number of nitrogens with one attached hydrogen (secondary N) is 1. The molecule has 2 amide bonds. The molecule has 3 aromatic heterocycles. The Morgan fingerprint density at radius 2 is 2.19 bits per heavy atom. The molecule has 1 fully saturated rings. The van der Waals surface area contributed by atoms with E-state index >= 15 is 0 Å². The Morgan fingerprint density at radius 3 is 2.86 bits per heavy atom. The summed E-state index contributed by atoms with van der Waals surface area (Å²) in [6.45, 7) is 3.50. The first-order valence-corrected chi connectivity index (χ1v) is 14.1. The van der Waals surface area contributed by atoms with Crippen molar-refractivity contribution in [2.75, 3.05) is 11.5 Å². The number of oxime groups is 1. The van der Waals surface area contributed by atoms with Crippen LogP contribution >= 0.6 is 34.6 Å². The minimum atomic E-state index is -0.884. The number of hydrogen-bond acceptors (Lipinski definition) is 12. The highest BCUT2D eigenvalue weighted by molar-refractivity contribution is 8.00. The van der Waals surface area contributed by atoms with Crippen LogP contribution < -0.4 is 15.6 Å². The number of thiophene rings is 1. The minimum Gasteiger partial charge on any atom is -0.735 e. The van der Waals surface area contributed by atoms with Gasteiger partial charge in [-0.2, -0.15) is 9.36 Å². The van der Waals surface area contributed by atoms with Crippen molar-refractivity contribution >= 4 is 90.7 Å². The van der Waals surface area contributed by atoms with Crippen molar-refractivity contribution in [1.29, 1.82) is 0 Å². The van der Waals surface area contributed by atoms with Gasteiger partial charge in [0.05, 0.1) is 15.5 Å². The van der Waals surface area contributed by atoms with E-state index in [2.05, 4.69) is 19.8 Å². The van der Waals surface area contributed by atoms with Crippen molar-refractivity contribution in [3.05, 3.63) is 40.9 Å². The number of rotatable bonds is 7. The van der Waals surface area contributed by atoms with E-state index in [1.54, 1.807) is 13.8 Å². The number of amides is 2. The third-order valence-electron chi connectivity index (χ3n) is 5.57. The van der Waals surface area contributed by atoms with Crippen molar-refractivity contribution in [2.45, 2.75) is 31.4 Å². The molecular weight excluding hydrogens is 555 g/mol. The van der Waals surface area contributed by atoms with Gasteiger partial charge in [-0.1, -0.05) is 5.16 Å². The van der Waals surface area contributed by atoms with Crippen LogP contribution in [0.4, 0.5) is 5.13 Å². The van der Waals surface area contributed by atoms with Crippen LogP contribution in [0.15, 0.2) is 35.4 Å². The fourth-order valence-electron chi connectivity index (χ4n) is 3.91. The Balaban J connectivity index is 1.41. The average molecular weight is 576 g/mol. The summed E-state index contributed by atoms with van der Waals surface area (Å²) in [6, 6.07) is 3.12. The van der Waals surface area contributed by atoms with Crippen LogP contribution in [0.5, 0.6) is 0 Å². The summed E-state index contributed by atoms with van der Waals surface area (Å²) in [7, 11) is 1.94. The van der Waals surface area contributed by atoms with Crippen molar-refractivity contribution in [3.63, 3.8) is 0 Å². The maximum absolute atomic E-state index is 13.2. The monoisotopic (exact) mass is 575 g/mol. The summed E-state index contributed by atoms with van der Waals surface area (Å²) >= 11 is 8.94. The third-order valence-corrected chi connectivity index (χ3v) is 8.73. The van der Waals surface area contributed by atoms with E-state index in [0.29, 0.717) is 5.75 Å². The number of thioether (sulfide) groups is 1. The molecule has 0 aromatic carbocycles. The molecule has 37 heavy (non-hydrogen) atoms. The largest absolute Gasteiger partial charge is 0.735 e. The lowest BCUT2D eigenvalue weighted by Crippen LogP contribution is -2.70. The summed E-state index contributed by atoms with van der Waals surface area (Å²) in [5, 5.41) is 6.68. The number of nitrogens with zero attached hydrogens (tertiary/aromatic N) is 5. The highest BCUT2D eigenvalue weighted by Gasteiger charge is 2.53. The molecule has 0 saturated carbocycles. The quantitative estimate of drug-likeness (QED) is 0.139. The maximum Gasteiger partial charge on any atom is 0.278 e. The Morgan fingerprint density at radius 1 is 1.41 bits per heavy atom. The zero-order chi connectivity index (χ0) is 26.4. The van der Waals surface area contributed by atoms with Crippen LogP contribution in [0.3, 0.4) is 0 Å². The summed E-state index contributed by atoms with van der Waals surface area (Å²) in [6.07, 6.45) is 3.66. The van der Waals surface area contributed by atoms with Crippen LogP contribution in [-0.4, -0.2) is 60.2 Å². The van der Waals surface area contributed by atoms with Gasteiger partial charge >= 0.3 is 0 Å². The second-order valence-electron chi connectivity index (χ2n) is 8.57. The number of nitrogens with two attached hydrogens (primary N) is 1. The smallest absolute Gasteiger partial charge is 0.278 e. The topological polar surface area (TPSA) is 144 Å². The summed E-state index contributed by atoms with van der Waals surface area (Å²) in [4.78, 5) is 50.4. The first kappa shape index (κ1) is 25.5. The van der Waals surface area contributed by atoms with Crippen molar-refractivity contribution in [2.24, 2.45) is 12.2 Å². The molecule has 15 heteroatoms. The van der Waals surface area contributed by atoms with Gasteiger partial charge in [0, 0.05) is 39.2 Å². The Hall–Kier alpha value is -3.14. The van der Waals surface area contributed by atoms with Gasteiger partial charge in [-0.3, -0.25) is 14.5 Å². The number of carbonyl (C=O) groups excluding carboxylic acids is 3. The highest BCUT2D eigenvalue weighted by Crippen LogP contribution is 2.45. The number of carbonyl (C=O) groups is 3. The van der Waals surface area contributed by atoms with Crippen LogP contribution in [0, 0.1) is 0 Å². The molecule has 0 radical (unpaired) electrons. The van der Waals surface area contributed by atoms with Crippen molar-refractivity contribution in [1.82, 2.24) is 19.6 Å². The Labute approximate surface area is 229 Å². The molecule has 0 aliphatic carbocycles. The molecule has 5 rings (SSSR count). The molecule has 3 aromatic rings. The van der Waals surface area contributed by atoms with E-state index in [-0.39, 0.29) is 28.5 Å². The first-order valence-electron chi connectivity index (χ1n) is 11.1. The van der Waals surface area contributed by atoms with Crippen LogP contribution in [-0.2, 0) is 38.9 Å². The predicted molar refractivity (Wildman–Crippen MR) is 144 cm³/mol. The molecule has 5 heterocycles. The fourth-order valence-corrected chi connectivity index (χ4v) is 7.20. The number of fused-ring (bicyclic) bond motifs is 2. The van der Waals surface area contributed by atoms with E-state index in [1.165, 1.54) is 28.0 Å². The van der Waals surface area contributed by atoms with Gasteiger partial charge < -0.3 is 33.3 Å². The SMILES string of the molecule is CC(C)O/N=C(\C(=O)N[C@@H]1C(=O)N2C(C(=O)[S-])=C(c3cc4cc[n+](C)cc4s3)CS[C@H]12)c1nsc(N)n1. The number of pyridine rings is 1. The summed E-state index contributed by atoms with van der Waals surface area (Å²) < 4.78 is 7.05. The molecule has 192 valence electrons. The minimum absolute atomic E-state index is 0.00217. The second-order valence-corrected chi connectivity index (χ2v) is 11.9. The number of aryl methyl sites for hydroxylation is 1. The lowest BCUT2D eigenvalue weighted by atomic mass is 10.0. The van der Waals surface area contributed by atoms with E-state index < -0.39 is 28.3 Å². The predicted octanol–water partition coefficient (Wildman–Crippen LogP) is 1.17. The second kappa shape index (κ2) is 9.96. The zero-order valence-electron chi connectivity index (χ0n) is 19.8. The van der Waals surface area contributed by atoms with Gasteiger partial charge in [0.15, 0.2) is 17.5 Å². The number of β-lactam (4-membered cyclic amide) rings is 1. The van der Waals surface area contributed by atoms with Gasteiger partial charge in [-0.05, 0) is 19.9 Å². The van der Waals surface area contributed by atoms with Gasteiger partial charge in [0.2, 0.25) is 11.5 Å². The molecule has 0 unspecified atom stereocenters. The molecular formula is C22H21N7O4S4. The standard InChI is InChI=1S/C22H21N7O4S4/c1-9(2)33-26-14(17-25-22(23)37-27-17)18(30)24-15-19(31)29-16(21(32)34)11(8-35-20(15)29)12-6-10-4-5-28(3)7-13(10)36-12/h4-7,9,15,20H,8H2,1-3H3,(H3-,23,24,25,27,30,32,34)/b26-14-/t15-,20-/m1/s1. The van der Waals surface area contributed by atoms with Gasteiger partial charge in [0.25, 0.3) is 11.8 Å². The lowest BCUT2D eigenvalue weighted by Gasteiger charge is -2.50. The van der Waals surface area contributed by atoms with Crippen LogP contribution in [0.2, 0.25) is 0 Å². The average Bonchev–Trinajstić information content (AvgIpc) is 3.47. The maximum atomic E-state index is 13.2. The number of anilines is 1. The normalized spacial score (nSPS) is 19.7. The summed E-state index contributed by atoms with van der Waals surface area (Å²) in [5.41, 5.74) is 6.38. The van der Waals surface area contributed by atoms with E-state index in [0.717, 1.165) is 32.1 Å². The molecule has 0 bridgehead atoms. The van der Waals surface area contributed by atoms with Crippen molar-refractivity contribution in [3.8, 4) is 0 Å². The molecule has 3 N–H and O–H groups in total. The van der Waals surface area contributed by atoms with Crippen LogP contribution in [0.25, 0.3) is 15.7 Å². The molecule has 2 atom stereocenters. The number of hydrogen-bond donors (Lipinski definition) is 2. The first-order chi connectivity index (χ1) is 17.6. The van der Waals surface area contributed by atoms with E-state index in [1.807, 2.05) is 36.1 Å². The van der Waals surface area contributed by atoms with Crippen molar-refractivity contribution < 1.29 is 23.8 Å². The fraction of sp³-hybridized carbons (Fsp3) is 0.318. The number of aromatic nitrogens is 3. The molecule has 2 aliphatic rings. The molecule has 11 nitrogen and oxygen atoms in total. The van der Waals surface area contributed by atoms with Gasteiger partial charge in [0.1, 0.15) is 24.6 Å². The molecule has 0 spiro atoms. The summed E-state index contributed by atoms with van der Waals surface area (Å²) in [5.74, 6) is -0.657. The lowest BCUT2D eigenvalue weighted by molar-refractivity contribution is -0.670. The highest BCUT2D eigenvalue weighted by atomic mass is 32.2. The number of nitrogen functional groups attached to an aromatic ring is 1. The molecule has 1 saturated heterocycles. The Kier molecular flexibility index (Phi) is 6.87. The zero-order valence-corrected chi connectivity index (χ0v) is 23.1. The van der Waals surface area contributed by atoms with Gasteiger partial charge in [-0.15, -0.1) is 23.1 Å². The van der Waals surface area contributed by atoms with E-state index in [9.17, 15) is 14.4 Å². The Bertz CT molecular complexity index is 1490. The third kappa shape index (κ3) is 4.79. The molecule has 2 aliphatic heterocycles. The van der Waals surface area contributed by atoms with Crippen LogP contribution in [0.1, 0.15) is 24.5 Å². The van der Waals surface area contributed by atoms with E-state index in [4.69, 9.17) is 23.2 Å².